The van der Waals surface area contributed by atoms with E-state index in [2.05, 4.69) is 18.7 Å². The van der Waals surface area contributed by atoms with Gasteiger partial charge in [-0.15, -0.1) is 17.0 Å². The van der Waals surface area contributed by atoms with E-state index in [0.29, 0.717) is 22.4 Å². The van der Waals surface area contributed by atoms with Gasteiger partial charge in [-0.2, -0.15) is 0 Å². The van der Waals surface area contributed by atoms with Gasteiger partial charge >= 0.3 is 0 Å². The summed E-state index contributed by atoms with van der Waals surface area (Å²) in [4.78, 5) is 2.31. The van der Waals surface area contributed by atoms with Crippen LogP contribution in [0.3, 0.4) is 0 Å². The van der Waals surface area contributed by atoms with E-state index in [9.17, 15) is 0 Å². The van der Waals surface area contributed by atoms with Gasteiger partial charge in [0.1, 0.15) is 12.4 Å². The molecule has 126 valence electrons. The molecule has 0 aliphatic carbocycles. The molecule has 0 heterocycles. The third kappa shape index (κ3) is 5.68. The Balaban J connectivity index is 0.00000264. The van der Waals surface area contributed by atoms with Crippen molar-refractivity contribution in [1.82, 2.24) is 4.90 Å². The van der Waals surface area contributed by atoms with Crippen LogP contribution in [0.25, 0.3) is 11.1 Å². The molecule has 0 radical (unpaired) electrons. The number of hydrogen-bond acceptors (Lipinski definition) is 2. The van der Waals surface area contributed by atoms with Crippen molar-refractivity contribution in [3.8, 4) is 16.9 Å². The van der Waals surface area contributed by atoms with Gasteiger partial charge in [0, 0.05) is 17.1 Å². The summed E-state index contributed by atoms with van der Waals surface area (Å²) in [7, 11) is 0. The average molecular weight is 419 g/mol. The van der Waals surface area contributed by atoms with E-state index in [1.165, 1.54) is 0 Å². The fourth-order valence-corrected chi connectivity index (χ4v) is 2.90. The second kappa shape index (κ2) is 10.2. The van der Waals surface area contributed by atoms with Crippen LogP contribution < -0.4 is 4.74 Å². The molecule has 0 spiro atoms. The van der Waals surface area contributed by atoms with Gasteiger partial charge in [0.05, 0.1) is 5.02 Å². The zero-order valence-electron chi connectivity index (χ0n) is 13.4. The Bertz CT molecular complexity index is 603. The fourth-order valence-electron chi connectivity index (χ4n) is 2.36. The van der Waals surface area contributed by atoms with Gasteiger partial charge in [-0.25, -0.2) is 0 Å². The molecule has 0 saturated heterocycles. The largest absolute Gasteiger partial charge is 0.490 e. The molecule has 0 aliphatic heterocycles. The maximum atomic E-state index is 6.34. The number of halogens is 3. The molecule has 5 heteroatoms. The summed E-state index contributed by atoms with van der Waals surface area (Å²) in [6, 6.07) is 13.6. The highest BCUT2D eigenvalue weighted by molar-refractivity contribution is 8.93. The van der Waals surface area contributed by atoms with Crippen LogP contribution in [0.15, 0.2) is 42.5 Å². The number of rotatable bonds is 7. The lowest BCUT2D eigenvalue weighted by Gasteiger charge is -2.19. The molecule has 23 heavy (non-hydrogen) atoms. The topological polar surface area (TPSA) is 12.5 Å². The minimum absolute atomic E-state index is 0. The molecular weight excluding hydrogens is 397 g/mol. The molecule has 0 atom stereocenters. The lowest BCUT2D eigenvalue weighted by Crippen LogP contribution is -2.28. The van der Waals surface area contributed by atoms with E-state index in [1.807, 2.05) is 36.4 Å². The third-order valence-corrected chi connectivity index (χ3v) is 4.14. The first-order valence-electron chi connectivity index (χ1n) is 7.55. The number of nitrogens with zero attached hydrogens (tertiary/aromatic N) is 1. The van der Waals surface area contributed by atoms with Crippen LogP contribution in [0.1, 0.15) is 13.8 Å². The van der Waals surface area contributed by atoms with Crippen LogP contribution in [0, 0.1) is 0 Å². The Morgan fingerprint density at radius 2 is 1.65 bits per heavy atom. The SMILES string of the molecule is Br.CCN(CC)CCOc1c(Cl)cc(Cl)cc1-c1ccccc1. The Hall–Kier alpha value is -0.740. The van der Waals surface area contributed by atoms with Gasteiger partial charge in [0.15, 0.2) is 0 Å². The molecule has 0 saturated carbocycles. The second-order valence-electron chi connectivity index (χ2n) is 5.01. The predicted octanol–water partition coefficient (Wildman–Crippen LogP) is 5.96. The van der Waals surface area contributed by atoms with Crippen molar-refractivity contribution in [3.63, 3.8) is 0 Å². The van der Waals surface area contributed by atoms with Crippen LogP contribution in [-0.4, -0.2) is 31.1 Å². The smallest absolute Gasteiger partial charge is 0.145 e. The Morgan fingerprint density at radius 3 is 2.26 bits per heavy atom. The molecule has 0 aromatic heterocycles. The zero-order valence-corrected chi connectivity index (χ0v) is 16.6. The molecule has 2 rings (SSSR count). The molecule has 2 aromatic rings. The lowest BCUT2D eigenvalue weighted by atomic mass is 10.0. The molecule has 0 N–H and O–H groups in total. The highest BCUT2D eigenvalue weighted by Gasteiger charge is 2.13. The molecule has 0 bridgehead atoms. The minimum atomic E-state index is 0. The number of likely N-dealkylation sites (N-methyl/N-ethyl adjacent to an activating group) is 1. The fraction of sp³-hybridized carbons (Fsp3) is 0.333. The van der Waals surface area contributed by atoms with Crippen LogP contribution in [0.2, 0.25) is 10.0 Å². The van der Waals surface area contributed by atoms with Gasteiger partial charge in [-0.3, -0.25) is 0 Å². The minimum Gasteiger partial charge on any atom is -0.490 e. The standard InChI is InChI=1S/C18H21Cl2NO.BrH/c1-3-21(4-2)10-11-22-18-16(12-15(19)13-17(18)20)14-8-6-5-7-9-14;/h5-9,12-13H,3-4,10-11H2,1-2H3;1H. The summed E-state index contributed by atoms with van der Waals surface area (Å²) >= 11 is 12.5. The first-order valence-corrected chi connectivity index (χ1v) is 8.30. The summed E-state index contributed by atoms with van der Waals surface area (Å²) in [6.07, 6.45) is 0. The zero-order chi connectivity index (χ0) is 15.9. The van der Waals surface area contributed by atoms with Gasteiger partial charge in [0.25, 0.3) is 0 Å². The maximum absolute atomic E-state index is 6.34. The number of hydrogen-bond donors (Lipinski definition) is 0. The number of ether oxygens (including phenoxy) is 1. The van der Waals surface area contributed by atoms with Gasteiger partial charge in [0.2, 0.25) is 0 Å². The molecule has 2 aromatic carbocycles. The molecule has 2 nitrogen and oxygen atoms in total. The average Bonchev–Trinajstić information content (AvgIpc) is 2.53. The van der Waals surface area contributed by atoms with Crippen molar-refractivity contribution in [2.45, 2.75) is 13.8 Å². The van der Waals surface area contributed by atoms with E-state index in [4.69, 9.17) is 27.9 Å². The summed E-state index contributed by atoms with van der Waals surface area (Å²) < 4.78 is 5.98. The van der Waals surface area contributed by atoms with Crippen LogP contribution in [0.5, 0.6) is 5.75 Å². The first kappa shape index (κ1) is 20.3. The Morgan fingerprint density at radius 1 is 1.00 bits per heavy atom. The Kier molecular flexibility index (Phi) is 9.00. The maximum Gasteiger partial charge on any atom is 0.145 e. The molecule has 0 fully saturated rings. The summed E-state index contributed by atoms with van der Waals surface area (Å²) in [5.41, 5.74) is 1.97. The van der Waals surface area contributed by atoms with E-state index < -0.39 is 0 Å². The van der Waals surface area contributed by atoms with Crippen LogP contribution in [-0.2, 0) is 0 Å². The monoisotopic (exact) mass is 417 g/mol. The highest BCUT2D eigenvalue weighted by atomic mass is 79.9. The molecule has 0 unspecified atom stereocenters. The normalized spacial score (nSPS) is 10.5. The lowest BCUT2D eigenvalue weighted by molar-refractivity contribution is 0.223. The molecule has 0 aliphatic rings. The number of benzene rings is 2. The van der Waals surface area contributed by atoms with Crippen molar-refractivity contribution in [1.29, 1.82) is 0 Å². The van der Waals surface area contributed by atoms with E-state index in [-0.39, 0.29) is 17.0 Å². The Labute approximate surface area is 159 Å². The van der Waals surface area contributed by atoms with E-state index in [1.54, 1.807) is 6.07 Å². The highest BCUT2D eigenvalue weighted by Crippen LogP contribution is 2.38. The van der Waals surface area contributed by atoms with E-state index >= 15 is 0 Å². The van der Waals surface area contributed by atoms with Crippen LogP contribution in [0.4, 0.5) is 0 Å². The molecular formula is C18H22BrCl2NO. The first-order chi connectivity index (χ1) is 10.7. The van der Waals surface area contributed by atoms with Gasteiger partial charge in [-0.05, 0) is 30.8 Å². The van der Waals surface area contributed by atoms with Crippen molar-refractivity contribution < 1.29 is 4.74 Å². The van der Waals surface area contributed by atoms with Crippen molar-refractivity contribution in [3.05, 3.63) is 52.5 Å². The second-order valence-corrected chi connectivity index (χ2v) is 5.85. The van der Waals surface area contributed by atoms with Crippen LogP contribution >= 0.6 is 40.2 Å². The van der Waals surface area contributed by atoms with E-state index in [0.717, 1.165) is 30.8 Å². The van der Waals surface area contributed by atoms with Crippen molar-refractivity contribution >= 4 is 40.2 Å². The van der Waals surface area contributed by atoms with Gasteiger partial charge in [-0.1, -0.05) is 67.4 Å². The quantitative estimate of drug-likeness (QED) is 0.549. The molecule has 0 amide bonds. The van der Waals surface area contributed by atoms with Crippen molar-refractivity contribution in [2.24, 2.45) is 0 Å². The summed E-state index contributed by atoms with van der Waals surface area (Å²) in [6.45, 7) is 7.80. The summed E-state index contributed by atoms with van der Waals surface area (Å²) in [5, 5.41) is 1.16. The van der Waals surface area contributed by atoms with Crippen molar-refractivity contribution in [2.75, 3.05) is 26.2 Å². The third-order valence-electron chi connectivity index (χ3n) is 3.64. The predicted molar refractivity (Wildman–Crippen MR) is 106 cm³/mol. The van der Waals surface area contributed by atoms with Gasteiger partial charge < -0.3 is 9.64 Å². The summed E-state index contributed by atoms with van der Waals surface area (Å²) in [5.74, 6) is 0.699.